The molecule has 0 atom stereocenters. The molecule has 1 aromatic carbocycles. The van der Waals surface area contributed by atoms with Gasteiger partial charge >= 0.3 is 6.03 Å². The molecular formula is C20H17Br2N7O2. The van der Waals surface area contributed by atoms with Crippen LogP contribution < -0.4 is 20.9 Å². The normalized spacial score (nSPS) is 10.7. The highest BCUT2D eigenvalue weighted by atomic mass is 79.9. The van der Waals surface area contributed by atoms with Gasteiger partial charge in [0.25, 0.3) is 0 Å². The third-order valence-electron chi connectivity index (χ3n) is 4.43. The van der Waals surface area contributed by atoms with Crippen molar-refractivity contribution in [3.63, 3.8) is 0 Å². The largest absolute Gasteiger partial charge is 0.497 e. The molecule has 3 aromatic heterocycles. The Labute approximate surface area is 194 Å². The van der Waals surface area contributed by atoms with E-state index in [9.17, 15) is 4.79 Å². The molecule has 11 heteroatoms. The number of rotatable bonds is 5. The van der Waals surface area contributed by atoms with Crippen molar-refractivity contribution in [2.45, 2.75) is 0 Å². The third kappa shape index (κ3) is 4.78. The quantitative estimate of drug-likeness (QED) is 0.247. The van der Waals surface area contributed by atoms with Crippen molar-refractivity contribution in [2.75, 3.05) is 17.9 Å². The first-order chi connectivity index (χ1) is 14.9. The Hall–Kier alpha value is -3.18. The van der Waals surface area contributed by atoms with Gasteiger partial charge in [-0.1, -0.05) is 12.1 Å². The lowest BCUT2D eigenvalue weighted by atomic mass is 10.0. The Bertz CT molecular complexity index is 1240. The summed E-state index contributed by atoms with van der Waals surface area (Å²) >= 11 is 6.58. The molecule has 0 radical (unpaired) electrons. The smallest absolute Gasteiger partial charge is 0.337 e. The van der Waals surface area contributed by atoms with Crippen LogP contribution in [0.2, 0.25) is 0 Å². The average molecular weight is 547 g/mol. The molecule has 9 nitrogen and oxygen atoms in total. The average Bonchev–Trinajstić information content (AvgIpc) is 3.12. The Morgan fingerprint density at radius 3 is 2.45 bits per heavy atom. The van der Waals surface area contributed by atoms with E-state index in [2.05, 4.69) is 63.1 Å². The number of carbonyl (C=O) groups is 1. The standard InChI is InChI=1S/C20H17Br2N7O2/c1-29-19-15(10-23-29)14(11-3-5-13(31-2)6-4-11)9-18(26-19)27-28-20(30)24-12-7-16(21)25-17(22)8-12/h3-10H,1-2H3,(H,26,27)(H2,24,25,28,30). The molecule has 0 saturated heterocycles. The van der Waals surface area contributed by atoms with Crippen molar-refractivity contribution < 1.29 is 9.53 Å². The highest BCUT2D eigenvalue weighted by molar-refractivity contribution is 9.11. The first-order valence-corrected chi connectivity index (χ1v) is 10.6. The maximum Gasteiger partial charge on any atom is 0.337 e. The molecule has 0 unspecified atom stereocenters. The summed E-state index contributed by atoms with van der Waals surface area (Å²) in [6.07, 6.45) is 1.77. The van der Waals surface area contributed by atoms with Crippen molar-refractivity contribution >= 4 is 60.4 Å². The van der Waals surface area contributed by atoms with Crippen molar-refractivity contribution in [3.05, 3.63) is 57.9 Å². The maximum atomic E-state index is 12.3. The molecule has 0 spiro atoms. The van der Waals surface area contributed by atoms with E-state index in [1.54, 1.807) is 30.1 Å². The second-order valence-electron chi connectivity index (χ2n) is 6.49. The number of methoxy groups -OCH3 is 1. The van der Waals surface area contributed by atoms with Crippen molar-refractivity contribution in [2.24, 2.45) is 7.05 Å². The first-order valence-electron chi connectivity index (χ1n) is 9.06. The van der Waals surface area contributed by atoms with E-state index in [0.29, 0.717) is 26.4 Å². The fourth-order valence-corrected chi connectivity index (χ4v) is 4.12. The summed E-state index contributed by atoms with van der Waals surface area (Å²) in [7, 11) is 3.44. The van der Waals surface area contributed by atoms with E-state index in [-0.39, 0.29) is 0 Å². The number of anilines is 2. The molecular weight excluding hydrogens is 530 g/mol. The number of urea groups is 1. The van der Waals surface area contributed by atoms with Gasteiger partial charge < -0.3 is 10.1 Å². The number of aryl methyl sites for hydroxylation is 1. The molecule has 3 N–H and O–H groups in total. The minimum absolute atomic E-state index is 0.456. The van der Waals surface area contributed by atoms with Crippen LogP contribution in [0.5, 0.6) is 5.75 Å². The topological polar surface area (TPSA) is 106 Å². The fourth-order valence-electron chi connectivity index (χ4n) is 3.01. The second-order valence-corrected chi connectivity index (χ2v) is 8.12. The number of pyridine rings is 2. The lowest BCUT2D eigenvalue weighted by Crippen LogP contribution is -2.34. The molecule has 158 valence electrons. The molecule has 0 bridgehead atoms. The van der Waals surface area contributed by atoms with Gasteiger partial charge in [-0.15, -0.1) is 0 Å². The molecule has 3 heterocycles. The molecule has 0 saturated carbocycles. The van der Waals surface area contributed by atoms with Gasteiger partial charge in [-0.25, -0.2) is 14.8 Å². The number of ether oxygens (including phenoxy) is 1. The van der Waals surface area contributed by atoms with Gasteiger partial charge in [0.15, 0.2) is 5.65 Å². The summed E-state index contributed by atoms with van der Waals surface area (Å²) in [6.45, 7) is 0. The van der Waals surface area contributed by atoms with Crippen LogP contribution in [0.3, 0.4) is 0 Å². The number of amides is 2. The molecule has 2 amide bonds. The van der Waals surface area contributed by atoms with Gasteiger partial charge in [-0.2, -0.15) is 5.10 Å². The molecule has 31 heavy (non-hydrogen) atoms. The van der Waals surface area contributed by atoms with Crippen LogP contribution in [0.4, 0.5) is 16.3 Å². The number of nitrogens with one attached hydrogen (secondary N) is 3. The number of fused-ring (bicyclic) bond motifs is 1. The van der Waals surface area contributed by atoms with Gasteiger partial charge in [0.05, 0.1) is 13.3 Å². The number of nitrogens with zero attached hydrogens (tertiary/aromatic N) is 4. The van der Waals surface area contributed by atoms with Crippen LogP contribution in [0.25, 0.3) is 22.2 Å². The van der Waals surface area contributed by atoms with Gasteiger partial charge in [0, 0.05) is 18.1 Å². The molecule has 4 rings (SSSR count). The van der Waals surface area contributed by atoms with E-state index in [4.69, 9.17) is 4.74 Å². The third-order valence-corrected chi connectivity index (χ3v) is 5.24. The second kappa shape index (κ2) is 8.90. The SMILES string of the molecule is COc1ccc(-c2cc(NNC(=O)Nc3cc(Br)nc(Br)c3)nc3c2cnn3C)cc1. The number of halogens is 2. The number of benzene rings is 1. The van der Waals surface area contributed by atoms with E-state index >= 15 is 0 Å². The summed E-state index contributed by atoms with van der Waals surface area (Å²) in [4.78, 5) is 21.0. The lowest BCUT2D eigenvalue weighted by Gasteiger charge is -2.12. The van der Waals surface area contributed by atoms with Gasteiger partial charge in [0.1, 0.15) is 20.8 Å². The minimum Gasteiger partial charge on any atom is -0.497 e. The van der Waals surface area contributed by atoms with Crippen LogP contribution in [0.1, 0.15) is 0 Å². The Morgan fingerprint density at radius 2 is 1.77 bits per heavy atom. The first kappa shape index (κ1) is 21.1. The monoisotopic (exact) mass is 545 g/mol. The maximum absolute atomic E-state index is 12.3. The molecule has 0 aliphatic rings. The lowest BCUT2D eigenvalue weighted by molar-refractivity contribution is 0.254. The zero-order valence-electron chi connectivity index (χ0n) is 16.5. The predicted octanol–water partition coefficient (Wildman–Crippen LogP) is 4.71. The number of hydrogen-bond donors (Lipinski definition) is 3. The zero-order valence-corrected chi connectivity index (χ0v) is 19.7. The number of carbonyl (C=O) groups excluding carboxylic acids is 1. The summed E-state index contributed by atoms with van der Waals surface area (Å²) in [6, 6.07) is 12.5. The summed E-state index contributed by atoms with van der Waals surface area (Å²) < 4.78 is 8.11. The Balaban J connectivity index is 1.57. The van der Waals surface area contributed by atoms with E-state index < -0.39 is 6.03 Å². The predicted molar refractivity (Wildman–Crippen MR) is 126 cm³/mol. The minimum atomic E-state index is -0.456. The van der Waals surface area contributed by atoms with Crippen LogP contribution in [-0.4, -0.2) is 32.9 Å². The Morgan fingerprint density at radius 1 is 1.06 bits per heavy atom. The van der Waals surface area contributed by atoms with Crippen LogP contribution in [0, 0.1) is 0 Å². The highest BCUT2D eigenvalue weighted by Gasteiger charge is 2.13. The number of aromatic nitrogens is 4. The van der Waals surface area contributed by atoms with Crippen LogP contribution >= 0.6 is 31.9 Å². The summed E-state index contributed by atoms with van der Waals surface area (Å²) in [5.41, 5.74) is 8.60. The van der Waals surface area contributed by atoms with Gasteiger partial charge in [0.2, 0.25) is 0 Å². The van der Waals surface area contributed by atoms with Crippen molar-refractivity contribution in [1.82, 2.24) is 25.2 Å². The van der Waals surface area contributed by atoms with E-state index in [1.807, 2.05) is 37.4 Å². The van der Waals surface area contributed by atoms with Crippen molar-refractivity contribution in [3.8, 4) is 16.9 Å². The molecule has 0 fully saturated rings. The zero-order chi connectivity index (χ0) is 22.0. The van der Waals surface area contributed by atoms with E-state index in [1.165, 1.54) is 0 Å². The van der Waals surface area contributed by atoms with Gasteiger partial charge in [-0.05, 0) is 73.3 Å². The highest BCUT2D eigenvalue weighted by Crippen LogP contribution is 2.31. The molecule has 4 aromatic rings. The fraction of sp³-hybridized carbons (Fsp3) is 0.100. The molecule has 0 aliphatic carbocycles. The number of hydrazine groups is 1. The van der Waals surface area contributed by atoms with Crippen LogP contribution in [-0.2, 0) is 7.05 Å². The number of hydrogen-bond acceptors (Lipinski definition) is 6. The van der Waals surface area contributed by atoms with Crippen LogP contribution in [0.15, 0.2) is 57.9 Å². The van der Waals surface area contributed by atoms with Crippen molar-refractivity contribution in [1.29, 1.82) is 0 Å². The van der Waals surface area contributed by atoms with E-state index in [0.717, 1.165) is 22.3 Å². The molecule has 0 aliphatic heterocycles. The summed E-state index contributed by atoms with van der Waals surface area (Å²) in [5.74, 6) is 1.24. The Kier molecular flexibility index (Phi) is 6.05. The van der Waals surface area contributed by atoms with Gasteiger partial charge in [-0.3, -0.25) is 15.5 Å². The summed E-state index contributed by atoms with van der Waals surface area (Å²) in [5, 5.41) is 7.93.